The van der Waals surface area contributed by atoms with E-state index >= 15 is 0 Å². The number of aromatic nitrogens is 2. The SMILES string of the molecule is O=c1nc(-c2ccc(Cl)cc2)cc2ccccn12. The van der Waals surface area contributed by atoms with Crippen molar-refractivity contribution in [3.63, 3.8) is 0 Å². The van der Waals surface area contributed by atoms with Gasteiger partial charge in [-0.3, -0.25) is 4.40 Å². The molecule has 0 aliphatic heterocycles. The molecule has 3 aromatic rings. The van der Waals surface area contributed by atoms with Crippen LogP contribution in [0.2, 0.25) is 5.02 Å². The van der Waals surface area contributed by atoms with E-state index in [-0.39, 0.29) is 5.69 Å². The van der Waals surface area contributed by atoms with E-state index in [2.05, 4.69) is 4.98 Å². The standard InChI is InChI=1S/C14H9ClN2O/c15-11-6-4-10(5-7-11)13-9-12-3-1-2-8-17(12)14(18)16-13/h1-9H. The number of hydrogen-bond acceptors (Lipinski definition) is 2. The predicted octanol–water partition coefficient (Wildman–Crippen LogP) is 3.01. The van der Waals surface area contributed by atoms with Crippen molar-refractivity contribution in [1.29, 1.82) is 0 Å². The molecule has 3 nitrogen and oxygen atoms in total. The fourth-order valence-electron chi connectivity index (χ4n) is 1.85. The van der Waals surface area contributed by atoms with E-state index in [9.17, 15) is 4.79 Å². The fraction of sp³-hybridized carbons (Fsp3) is 0. The van der Waals surface area contributed by atoms with Gasteiger partial charge in [-0.05, 0) is 30.3 Å². The van der Waals surface area contributed by atoms with Gasteiger partial charge in [0.05, 0.1) is 11.2 Å². The molecule has 1 aromatic carbocycles. The largest absolute Gasteiger partial charge is 0.352 e. The average molecular weight is 257 g/mol. The molecule has 3 rings (SSSR count). The highest BCUT2D eigenvalue weighted by Crippen LogP contribution is 2.19. The molecule has 0 aliphatic rings. The van der Waals surface area contributed by atoms with Crippen LogP contribution in [0.25, 0.3) is 16.8 Å². The summed E-state index contributed by atoms with van der Waals surface area (Å²) in [7, 11) is 0. The first kappa shape index (κ1) is 11.0. The highest BCUT2D eigenvalue weighted by atomic mass is 35.5. The molecule has 18 heavy (non-hydrogen) atoms. The first-order valence-electron chi connectivity index (χ1n) is 5.48. The second-order valence-electron chi connectivity index (χ2n) is 3.93. The van der Waals surface area contributed by atoms with Crippen LogP contribution in [0.4, 0.5) is 0 Å². The summed E-state index contributed by atoms with van der Waals surface area (Å²) in [5.74, 6) is 0. The number of nitrogens with zero attached hydrogens (tertiary/aromatic N) is 2. The normalized spacial score (nSPS) is 10.7. The molecular weight excluding hydrogens is 248 g/mol. The van der Waals surface area contributed by atoms with Crippen LogP contribution < -0.4 is 5.69 Å². The van der Waals surface area contributed by atoms with E-state index < -0.39 is 0 Å². The molecule has 2 aromatic heterocycles. The molecule has 0 fully saturated rings. The quantitative estimate of drug-likeness (QED) is 0.671. The minimum atomic E-state index is -0.280. The van der Waals surface area contributed by atoms with Gasteiger partial charge in [0.15, 0.2) is 0 Å². The Morgan fingerprint density at radius 3 is 2.61 bits per heavy atom. The van der Waals surface area contributed by atoms with Crippen LogP contribution in [-0.2, 0) is 0 Å². The second kappa shape index (κ2) is 4.27. The molecule has 0 aliphatic carbocycles. The monoisotopic (exact) mass is 256 g/mol. The van der Waals surface area contributed by atoms with Crippen LogP contribution in [0.3, 0.4) is 0 Å². The Labute approximate surface area is 108 Å². The molecule has 0 radical (unpaired) electrons. The van der Waals surface area contributed by atoms with Crippen molar-refractivity contribution in [2.45, 2.75) is 0 Å². The van der Waals surface area contributed by atoms with Gasteiger partial charge < -0.3 is 0 Å². The van der Waals surface area contributed by atoms with Crippen molar-refractivity contribution in [2.75, 3.05) is 0 Å². The molecule has 0 unspecified atom stereocenters. The predicted molar refractivity (Wildman–Crippen MR) is 71.9 cm³/mol. The first-order valence-corrected chi connectivity index (χ1v) is 5.86. The third-order valence-corrected chi connectivity index (χ3v) is 2.99. The maximum Gasteiger partial charge on any atom is 0.352 e. The second-order valence-corrected chi connectivity index (χ2v) is 4.36. The lowest BCUT2D eigenvalue weighted by Gasteiger charge is -2.03. The van der Waals surface area contributed by atoms with Crippen molar-refractivity contribution in [2.24, 2.45) is 0 Å². The molecule has 0 N–H and O–H groups in total. The number of benzene rings is 1. The van der Waals surface area contributed by atoms with Crippen LogP contribution in [-0.4, -0.2) is 9.38 Å². The van der Waals surface area contributed by atoms with Crippen LogP contribution in [0.15, 0.2) is 59.5 Å². The minimum absolute atomic E-state index is 0.280. The zero-order chi connectivity index (χ0) is 12.5. The Balaban J connectivity index is 2.24. The Morgan fingerprint density at radius 2 is 1.83 bits per heavy atom. The van der Waals surface area contributed by atoms with Gasteiger partial charge in [0.1, 0.15) is 0 Å². The molecule has 88 valence electrons. The lowest BCUT2D eigenvalue weighted by atomic mass is 10.1. The topological polar surface area (TPSA) is 34.4 Å². The maximum absolute atomic E-state index is 11.9. The van der Waals surface area contributed by atoms with Gasteiger partial charge in [-0.25, -0.2) is 4.79 Å². The van der Waals surface area contributed by atoms with Gasteiger partial charge in [0, 0.05) is 16.8 Å². The summed E-state index contributed by atoms with van der Waals surface area (Å²) >= 11 is 5.84. The molecule has 0 amide bonds. The smallest absolute Gasteiger partial charge is 0.268 e. The van der Waals surface area contributed by atoms with Crippen LogP contribution in [0, 0.1) is 0 Å². The fourth-order valence-corrected chi connectivity index (χ4v) is 1.97. The number of halogens is 1. The lowest BCUT2D eigenvalue weighted by Crippen LogP contribution is -2.16. The van der Waals surface area contributed by atoms with E-state index in [1.807, 2.05) is 30.3 Å². The van der Waals surface area contributed by atoms with E-state index in [4.69, 9.17) is 11.6 Å². The van der Waals surface area contributed by atoms with Crippen molar-refractivity contribution < 1.29 is 0 Å². The van der Waals surface area contributed by atoms with Crippen LogP contribution in [0.1, 0.15) is 0 Å². The lowest BCUT2D eigenvalue weighted by molar-refractivity contribution is 0.998. The number of pyridine rings is 1. The molecular formula is C14H9ClN2O. The maximum atomic E-state index is 11.9. The van der Waals surface area contributed by atoms with Crippen LogP contribution >= 0.6 is 11.6 Å². The number of hydrogen-bond donors (Lipinski definition) is 0. The highest BCUT2D eigenvalue weighted by molar-refractivity contribution is 6.30. The molecule has 0 spiro atoms. The van der Waals surface area contributed by atoms with Crippen LogP contribution in [0.5, 0.6) is 0 Å². The Kier molecular flexibility index (Phi) is 2.61. The zero-order valence-corrected chi connectivity index (χ0v) is 10.1. The van der Waals surface area contributed by atoms with E-state index in [1.54, 1.807) is 24.4 Å². The summed E-state index contributed by atoms with van der Waals surface area (Å²) in [6.07, 6.45) is 1.70. The third kappa shape index (κ3) is 1.89. The van der Waals surface area contributed by atoms with Gasteiger partial charge in [-0.2, -0.15) is 4.98 Å². The van der Waals surface area contributed by atoms with E-state index in [1.165, 1.54) is 4.40 Å². The van der Waals surface area contributed by atoms with Gasteiger partial charge in [-0.15, -0.1) is 0 Å². The molecule has 4 heteroatoms. The first-order chi connectivity index (χ1) is 8.74. The molecule has 2 heterocycles. The summed E-state index contributed by atoms with van der Waals surface area (Å²) in [6.45, 7) is 0. The minimum Gasteiger partial charge on any atom is -0.268 e. The number of fused-ring (bicyclic) bond motifs is 1. The van der Waals surface area contributed by atoms with Crippen molar-refractivity contribution in [1.82, 2.24) is 9.38 Å². The van der Waals surface area contributed by atoms with Crippen molar-refractivity contribution >= 4 is 17.1 Å². The Hall–Kier alpha value is -2.13. The summed E-state index contributed by atoms with van der Waals surface area (Å²) in [4.78, 5) is 15.9. The Bertz CT molecular complexity index is 763. The van der Waals surface area contributed by atoms with E-state index in [0.717, 1.165) is 11.1 Å². The van der Waals surface area contributed by atoms with Gasteiger partial charge >= 0.3 is 5.69 Å². The zero-order valence-electron chi connectivity index (χ0n) is 9.38. The van der Waals surface area contributed by atoms with Crippen molar-refractivity contribution in [3.05, 3.63) is 70.2 Å². The summed E-state index contributed by atoms with van der Waals surface area (Å²) < 4.78 is 1.51. The van der Waals surface area contributed by atoms with E-state index in [0.29, 0.717) is 10.7 Å². The number of rotatable bonds is 1. The molecule has 0 bridgehead atoms. The van der Waals surface area contributed by atoms with Gasteiger partial charge in [0.2, 0.25) is 0 Å². The average Bonchev–Trinajstić information content (AvgIpc) is 2.39. The van der Waals surface area contributed by atoms with Crippen molar-refractivity contribution in [3.8, 4) is 11.3 Å². The molecule has 0 saturated heterocycles. The van der Waals surface area contributed by atoms with Gasteiger partial charge in [-0.1, -0.05) is 29.8 Å². The summed E-state index contributed by atoms with van der Waals surface area (Å²) in [6, 6.07) is 14.7. The molecule has 0 atom stereocenters. The van der Waals surface area contributed by atoms with Gasteiger partial charge in [0.25, 0.3) is 0 Å². The summed E-state index contributed by atoms with van der Waals surface area (Å²) in [5.41, 5.74) is 2.08. The third-order valence-electron chi connectivity index (χ3n) is 2.74. The Morgan fingerprint density at radius 1 is 1.06 bits per heavy atom. The summed E-state index contributed by atoms with van der Waals surface area (Å²) in [5, 5.41) is 0.663. The molecule has 0 saturated carbocycles. The highest BCUT2D eigenvalue weighted by Gasteiger charge is 2.03.